The van der Waals surface area contributed by atoms with Gasteiger partial charge in [-0.2, -0.15) is 5.10 Å². The maximum absolute atomic E-state index is 12.9. The summed E-state index contributed by atoms with van der Waals surface area (Å²) in [5.41, 5.74) is 1.80. The molecule has 8 heteroatoms. The molecule has 2 aromatic rings. The highest BCUT2D eigenvalue weighted by Gasteiger charge is 2.32. The minimum atomic E-state index is -0.193. The highest BCUT2D eigenvalue weighted by molar-refractivity contribution is 5.98. The first kappa shape index (κ1) is 20.1. The number of nitrogens with zero attached hydrogens (tertiary/aromatic N) is 4. The molecule has 0 saturated carbocycles. The van der Waals surface area contributed by atoms with E-state index in [9.17, 15) is 14.4 Å². The van der Waals surface area contributed by atoms with Gasteiger partial charge in [-0.25, -0.2) is 0 Å². The highest BCUT2D eigenvalue weighted by Crippen LogP contribution is 2.22. The van der Waals surface area contributed by atoms with E-state index in [1.54, 1.807) is 27.5 Å². The predicted molar refractivity (Wildman–Crippen MR) is 109 cm³/mol. The Bertz CT molecular complexity index is 932. The number of fused-ring (bicyclic) bond motifs is 1. The molecule has 8 nitrogen and oxygen atoms in total. The van der Waals surface area contributed by atoms with Gasteiger partial charge >= 0.3 is 5.97 Å². The van der Waals surface area contributed by atoms with Crippen LogP contribution in [0, 0.1) is 5.92 Å². The second kappa shape index (κ2) is 8.69. The molecule has 2 aliphatic heterocycles. The van der Waals surface area contributed by atoms with Crippen molar-refractivity contribution in [1.82, 2.24) is 19.6 Å². The number of hydrogen-bond donors (Lipinski definition) is 0. The summed E-state index contributed by atoms with van der Waals surface area (Å²) in [5.74, 6) is -0.650. The van der Waals surface area contributed by atoms with Crippen LogP contribution >= 0.6 is 0 Å². The number of rotatable bonds is 5. The smallest absolute Gasteiger partial charge is 0.309 e. The number of carbonyl (C=O) groups excluding carboxylic acids is 3. The van der Waals surface area contributed by atoms with E-state index in [1.165, 1.54) is 0 Å². The molecule has 2 aliphatic rings. The van der Waals surface area contributed by atoms with E-state index in [4.69, 9.17) is 4.74 Å². The molecule has 0 aliphatic carbocycles. The van der Waals surface area contributed by atoms with Crippen molar-refractivity contribution in [1.29, 1.82) is 0 Å². The van der Waals surface area contributed by atoms with Gasteiger partial charge in [-0.1, -0.05) is 30.3 Å². The normalized spacial score (nSPS) is 17.0. The van der Waals surface area contributed by atoms with Crippen molar-refractivity contribution in [3.8, 4) is 0 Å². The summed E-state index contributed by atoms with van der Waals surface area (Å²) >= 11 is 0. The van der Waals surface area contributed by atoms with Gasteiger partial charge in [-0.3, -0.25) is 19.1 Å². The van der Waals surface area contributed by atoms with Gasteiger partial charge in [-0.15, -0.1) is 0 Å². The number of esters is 1. The Hall–Kier alpha value is -3.16. The standard InChI is InChI=1S/C22H26N4O4/c1-2-30-22(29)17-8-10-24(11-9-17)20(27)18-14-19-21(28)25(12-13-26(19)23-18)15-16-6-4-3-5-7-16/h3-7,14,17H,2,8-13,15H2,1H3. The monoisotopic (exact) mass is 410 g/mol. The summed E-state index contributed by atoms with van der Waals surface area (Å²) in [5, 5.41) is 4.39. The third-order valence-corrected chi connectivity index (χ3v) is 5.71. The van der Waals surface area contributed by atoms with Crippen molar-refractivity contribution < 1.29 is 19.1 Å². The predicted octanol–water partition coefficient (Wildman–Crippen LogP) is 1.95. The fourth-order valence-electron chi connectivity index (χ4n) is 4.04. The second-order valence-corrected chi connectivity index (χ2v) is 7.67. The number of hydrogen-bond acceptors (Lipinski definition) is 5. The number of benzene rings is 1. The fourth-order valence-corrected chi connectivity index (χ4v) is 4.04. The Morgan fingerprint density at radius 1 is 1.10 bits per heavy atom. The quantitative estimate of drug-likeness (QED) is 0.704. The Morgan fingerprint density at radius 2 is 1.83 bits per heavy atom. The van der Waals surface area contributed by atoms with Crippen LogP contribution in [0.4, 0.5) is 0 Å². The maximum Gasteiger partial charge on any atom is 0.309 e. The van der Waals surface area contributed by atoms with Crippen LogP contribution in [0.2, 0.25) is 0 Å². The van der Waals surface area contributed by atoms with Crippen LogP contribution in [0.5, 0.6) is 0 Å². The van der Waals surface area contributed by atoms with E-state index in [0.29, 0.717) is 57.9 Å². The molecule has 3 heterocycles. The van der Waals surface area contributed by atoms with Crippen molar-refractivity contribution >= 4 is 17.8 Å². The number of piperidine rings is 1. The fraction of sp³-hybridized carbons (Fsp3) is 0.455. The zero-order chi connectivity index (χ0) is 21.1. The third kappa shape index (κ3) is 4.08. The van der Waals surface area contributed by atoms with Gasteiger partial charge in [0, 0.05) is 32.2 Å². The molecule has 158 valence electrons. The first-order valence-electron chi connectivity index (χ1n) is 10.4. The van der Waals surface area contributed by atoms with Crippen LogP contribution < -0.4 is 0 Å². The molecule has 0 spiro atoms. The molecule has 0 atom stereocenters. The SMILES string of the molecule is CCOC(=O)C1CCN(C(=O)c2cc3n(n2)CCN(Cc2ccccc2)C3=O)CC1. The lowest BCUT2D eigenvalue weighted by Gasteiger charge is -2.30. The second-order valence-electron chi connectivity index (χ2n) is 7.67. The third-order valence-electron chi connectivity index (χ3n) is 5.71. The van der Waals surface area contributed by atoms with E-state index in [1.807, 2.05) is 30.3 Å². The lowest BCUT2D eigenvalue weighted by molar-refractivity contribution is -0.149. The molecule has 1 aromatic heterocycles. The van der Waals surface area contributed by atoms with E-state index in [0.717, 1.165) is 5.56 Å². The van der Waals surface area contributed by atoms with Gasteiger partial charge in [0.25, 0.3) is 11.8 Å². The molecule has 1 aromatic carbocycles. The Balaban J connectivity index is 1.41. The Labute approximate surface area is 175 Å². The lowest BCUT2D eigenvalue weighted by atomic mass is 9.97. The van der Waals surface area contributed by atoms with Crippen molar-refractivity contribution in [2.24, 2.45) is 5.92 Å². The van der Waals surface area contributed by atoms with Crippen LogP contribution in [-0.4, -0.2) is 63.6 Å². The molecule has 2 amide bonds. The van der Waals surface area contributed by atoms with E-state index >= 15 is 0 Å². The van der Waals surface area contributed by atoms with E-state index < -0.39 is 0 Å². The molecule has 1 saturated heterocycles. The van der Waals surface area contributed by atoms with Gasteiger partial charge in [0.05, 0.1) is 19.1 Å². The molecule has 30 heavy (non-hydrogen) atoms. The summed E-state index contributed by atoms with van der Waals surface area (Å²) < 4.78 is 6.71. The zero-order valence-corrected chi connectivity index (χ0v) is 17.1. The Morgan fingerprint density at radius 3 is 2.53 bits per heavy atom. The van der Waals surface area contributed by atoms with Crippen molar-refractivity contribution in [2.45, 2.75) is 32.9 Å². The highest BCUT2D eigenvalue weighted by atomic mass is 16.5. The van der Waals surface area contributed by atoms with Crippen LogP contribution in [0.15, 0.2) is 36.4 Å². The number of likely N-dealkylation sites (tertiary alicyclic amines) is 1. The molecule has 0 radical (unpaired) electrons. The van der Waals surface area contributed by atoms with Gasteiger partial charge in [0.2, 0.25) is 0 Å². The summed E-state index contributed by atoms with van der Waals surface area (Å²) in [6.07, 6.45) is 1.17. The van der Waals surface area contributed by atoms with Crippen molar-refractivity contribution in [3.63, 3.8) is 0 Å². The Kier molecular flexibility index (Phi) is 5.83. The van der Waals surface area contributed by atoms with Crippen LogP contribution in [0.1, 0.15) is 46.3 Å². The summed E-state index contributed by atoms with van der Waals surface area (Å²) in [6, 6.07) is 11.4. The molecule has 0 bridgehead atoms. The van der Waals surface area contributed by atoms with E-state index in [2.05, 4.69) is 5.10 Å². The average Bonchev–Trinajstić information content (AvgIpc) is 3.21. The topological polar surface area (TPSA) is 84.7 Å². The molecular weight excluding hydrogens is 384 g/mol. The first-order valence-corrected chi connectivity index (χ1v) is 10.4. The summed E-state index contributed by atoms with van der Waals surface area (Å²) in [7, 11) is 0. The number of ether oxygens (including phenoxy) is 1. The van der Waals surface area contributed by atoms with Gasteiger partial charge < -0.3 is 14.5 Å². The van der Waals surface area contributed by atoms with E-state index in [-0.39, 0.29) is 29.4 Å². The average molecular weight is 410 g/mol. The first-order chi connectivity index (χ1) is 14.6. The van der Waals surface area contributed by atoms with Crippen LogP contribution in [0.25, 0.3) is 0 Å². The van der Waals surface area contributed by atoms with Gasteiger partial charge in [0.15, 0.2) is 5.69 Å². The summed E-state index contributed by atoms with van der Waals surface area (Å²) in [4.78, 5) is 41.2. The maximum atomic E-state index is 12.9. The van der Waals surface area contributed by atoms with Crippen LogP contribution in [-0.2, 0) is 22.6 Å². The van der Waals surface area contributed by atoms with Gasteiger partial charge in [-0.05, 0) is 25.3 Å². The molecule has 0 unspecified atom stereocenters. The molecule has 1 fully saturated rings. The van der Waals surface area contributed by atoms with Gasteiger partial charge in [0.1, 0.15) is 5.69 Å². The molecule has 4 rings (SSSR count). The molecular formula is C22H26N4O4. The minimum absolute atomic E-state index is 0.113. The number of amides is 2. The van der Waals surface area contributed by atoms with Crippen molar-refractivity contribution in [2.75, 3.05) is 26.2 Å². The number of carbonyl (C=O) groups is 3. The lowest BCUT2D eigenvalue weighted by Crippen LogP contribution is -2.41. The zero-order valence-electron chi connectivity index (χ0n) is 17.1. The number of aromatic nitrogens is 2. The minimum Gasteiger partial charge on any atom is -0.466 e. The largest absolute Gasteiger partial charge is 0.466 e. The van der Waals surface area contributed by atoms with Crippen LogP contribution in [0.3, 0.4) is 0 Å². The molecule has 0 N–H and O–H groups in total. The summed E-state index contributed by atoms with van der Waals surface area (Å²) in [6.45, 7) is 4.78. The van der Waals surface area contributed by atoms with Crippen molar-refractivity contribution in [3.05, 3.63) is 53.3 Å².